The quantitative estimate of drug-likeness (QED) is 0.315. The monoisotopic (exact) mass is 393 g/mol. The van der Waals surface area contributed by atoms with Gasteiger partial charge in [0.2, 0.25) is 0 Å². The lowest BCUT2D eigenvalue weighted by molar-refractivity contribution is 0.102. The number of hydrogen-bond donors (Lipinski definition) is 0. The van der Waals surface area contributed by atoms with Crippen molar-refractivity contribution in [2.24, 2.45) is 0 Å². The zero-order valence-corrected chi connectivity index (χ0v) is 17.1. The van der Waals surface area contributed by atoms with Crippen LogP contribution in [0, 0.1) is 13.8 Å². The van der Waals surface area contributed by atoms with Crippen LogP contribution in [0.25, 0.3) is 11.4 Å². The van der Waals surface area contributed by atoms with E-state index < -0.39 is 0 Å². The Morgan fingerprint density at radius 3 is 2.54 bits per heavy atom. The van der Waals surface area contributed by atoms with Crippen LogP contribution in [0.1, 0.15) is 21.5 Å². The number of ketones is 1. The van der Waals surface area contributed by atoms with E-state index in [2.05, 4.69) is 16.8 Å². The fraction of sp³-hybridized carbons (Fsp3) is 0.227. The number of benzene rings is 2. The van der Waals surface area contributed by atoms with Gasteiger partial charge in [0.05, 0.1) is 12.9 Å². The van der Waals surface area contributed by atoms with E-state index in [0.717, 1.165) is 28.3 Å². The Hall–Kier alpha value is -2.86. The summed E-state index contributed by atoms with van der Waals surface area (Å²) in [5.74, 6) is 1.91. The van der Waals surface area contributed by atoms with Gasteiger partial charge in [-0.2, -0.15) is 0 Å². The Kier molecular flexibility index (Phi) is 6.31. The van der Waals surface area contributed by atoms with Crippen LogP contribution in [-0.4, -0.2) is 33.4 Å². The van der Waals surface area contributed by atoms with Crippen molar-refractivity contribution >= 4 is 17.5 Å². The molecule has 0 aliphatic heterocycles. The van der Waals surface area contributed by atoms with E-state index in [-0.39, 0.29) is 5.78 Å². The van der Waals surface area contributed by atoms with Gasteiger partial charge in [-0.3, -0.25) is 9.36 Å². The van der Waals surface area contributed by atoms with E-state index in [1.54, 1.807) is 13.2 Å². The second-order valence-electron chi connectivity index (χ2n) is 6.44. The van der Waals surface area contributed by atoms with E-state index >= 15 is 0 Å². The van der Waals surface area contributed by atoms with Crippen molar-refractivity contribution in [2.75, 3.05) is 12.9 Å². The smallest absolute Gasteiger partial charge is 0.192 e. The van der Waals surface area contributed by atoms with Crippen molar-refractivity contribution in [2.45, 2.75) is 25.5 Å². The molecule has 0 unspecified atom stereocenters. The number of aryl methyl sites for hydroxylation is 2. The van der Waals surface area contributed by atoms with Crippen molar-refractivity contribution in [1.29, 1.82) is 0 Å². The molecule has 3 aromatic rings. The number of rotatable bonds is 8. The molecule has 2 aromatic carbocycles. The first-order valence-corrected chi connectivity index (χ1v) is 9.94. The van der Waals surface area contributed by atoms with E-state index in [1.165, 1.54) is 17.3 Å². The van der Waals surface area contributed by atoms with Crippen LogP contribution in [0.15, 0.2) is 60.3 Å². The predicted octanol–water partition coefficient (Wildman–Crippen LogP) is 4.73. The second kappa shape index (κ2) is 8.89. The van der Waals surface area contributed by atoms with Crippen LogP contribution >= 0.6 is 11.8 Å². The predicted molar refractivity (Wildman–Crippen MR) is 113 cm³/mol. The molecule has 0 saturated carbocycles. The molecule has 0 radical (unpaired) electrons. The fourth-order valence-electron chi connectivity index (χ4n) is 2.77. The third kappa shape index (κ3) is 4.34. The fourth-order valence-corrected chi connectivity index (χ4v) is 3.61. The highest BCUT2D eigenvalue weighted by atomic mass is 32.2. The summed E-state index contributed by atoms with van der Waals surface area (Å²) in [7, 11) is 1.64. The molecule has 0 aliphatic rings. The molecule has 0 saturated heterocycles. The van der Waals surface area contributed by atoms with Gasteiger partial charge in [-0.05, 0) is 55.3 Å². The molecule has 1 aromatic heterocycles. The summed E-state index contributed by atoms with van der Waals surface area (Å²) in [5, 5.41) is 9.32. The topological polar surface area (TPSA) is 57.0 Å². The van der Waals surface area contributed by atoms with Crippen LogP contribution < -0.4 is 4.74 Å². The lowest BCUT2D eigenvalue weighted by Gasteiger charge is -2.08. The molecule has 0 N–H and O–H groups in total. The number of ether oxygens (including phenoxy) is 1. The number of aromatic nitrogens is 3. The molecular weight excluding hydrogens is 370 g/mol. The number of hydrogen-bond acceptors (Lipinski definition) is 5. The lowest BCUT2D eigenvalue weighted by atomic mass is 10.0. The van der Waals surface area contributed by atoms with Crippen LogP contribution in [0.3, 0.4) is 0 Å². The van der Waals surface area contributed by atoms with Crippen LogP contribution in [0.2, 0.25) is 0 Å². The molecule has 0 atom stereocenters. The van der Waals surface area contributed by atoms with Gasteiger partial charge in [0.25, 0.3) is 0 Å². The molecule has 0 aliphatic carbocycles. The summed E-state index contributed by atoms with van der Waals surface area (Å²) in [6, 6.07) is 13.5. The van der Waals surface area contributed by atoms with Gasteiger partial charge in [0.1, 0.15) is 5.75 Å². The molecule has 5 nitrogen and oxygen atoms in total. The van der Waals surface area contributed by atoms with Crippen molar-refractivity contribution in [1.82, 2.24) is 14.8 Å². The highest BCUT2D eigenvalue weighted by Crippen LogP contribution is 2.26. The molecule has 144 valence electrons. The third-order valence-electron chi connectivity index (χ3n) is 4.54. The summed E-state index contributed by atoms with van der Waals surface area (Å²) in [6.45, 7) is 8.44. The van der Waals surface area contributed by atoms with Gasteiger partial charge in [0, 0.05) is 17.7 Å². The number of carbonyl (C=O) groups excluding carboxylic acids is 1. The zero-order valence-electron chi connectivity index (χ0n) is 16.3. The molecule has 0 fully saturated rings. The highest BCUT2D eigenvalue weighted by Gasteiger charge is 2.16. The minimum absolute atomic E-state index is 0.0762. The van der Waals surface area contributed by atoms with Gasteiger partial charge in [-0.25, -0.2) is 0 Å². The normalized spacial score (nSPS) is 10.7. The maximum Gasteiger partial charge on any atom is 0.192 e. The molecule has 28 heavy (non-hydrogen) atoms. The molecular formula is C22H23N3O2S. The SMILES string of the molecule is C=CCn1c(SCC(=O)c2ccc(C)c(C)c2)nnc1-c1ccc(OC)cc1. The largest absolute Gasteiger partial charge is 0.497 e. The number of methoxy groups -OCH3 is 1. The zero-order chi connectivity index (χ0) is 20.1. The number of nitrogens with zero attached hydrogens (tertiary/aromatic N) is 3. The summed E-state index contributed by atoms with van der Waals surface area (Å²) < 4.78 is 7.18. The summed E-state index contributed by atoms with van der Waals surface area (Å²) >= 11 is 1.39. The average Bonchev–Trinajstić information content (AvgIpc) is 3.11. The van der Waals surface area contributed by atoms with Gasteiger partial charge in [-0.15, -0.1) is 16.8 Å². The van der Waals surface area contributed by atoms with E-state index in [9.17, 15) is 4.79 Å². The summed E-state index contributed by atoms with van der Waals surface area (Å²) in [4.78, 5) is 12.6. The summed E-state index contributed by atoms with van der Waals surface area (Å²) in [6.07, 6.45) is 1.80. The van der Waals surface area contributed by atoms with Gasteiger partial charge >= 0.3 is 0 Å². The molecule has 0 bridgehead atoms. The minimum Gasteiger partial charge on any atom is -0.497 e. The standard InChI is InChI=1S/C22H23N3O2S/c1-5-12-25-21(17-8-10-19(27-4)11-9-17)23-24-22(25)28-14-20(26)18-7-6-15(2)16(3)13-18/h5-11,13H,1,12,14H2,2-4H3. The lowest BCUT2D eigenvalue weighted by Crippen LogP contribution is -2.06. The molecule has 6 heteroatoms. The maximum absolute atomic E-state index is 12.6. The van der Waals surface area contributed by atoms with Crippen molar-refractivity contribution in [3.8, 4) is 17.1 Å². The first kappa shape index (κ1) is 19.9. The molecule has 0 amide bonds. The van der Waals surface area contributed by atoms with E-state index in [1.807, 2.05) is 60.9 Å². The van der Waals surface area contributed by atoms with Gasteiger partial charge < -0.3 is 4.74 Å². The Bertz CT molecular complexity index is 994. The van der Waals surface area contributed by atoms with Crippen molar-refractivity contribution in [3.63, 3.8) is 0 Å². The minimum atomic E-state index is 0.0762. The Balaban J connectivity index is 1.79. The third-order valence-corrected chi connectivity index (χ3v) is 5.50. The second-order valence-corrected chi connectivity index (χ2v) is 7.39. The molecule has 3 rings (SSSR count). The summed E-state index contributed by atoms with van der Waals surface area (Å²) in [5.41, 5.74) is 3.95. The van der Waals surface area contributed by atoms with Crippen molar-refractivity contribution < 1.29 is 9.53 Å². The Labute approximate surface area is 169 Å². The average molecular weight is 394 g/mol. The van der Waals surface area contributed by atoms with Gasteiger partial charge in [0.15, 0.2) is 16.8 Å². The number of carbonyl (C=O) groups is 1. The highest BCUT2D eigenvalue weighted by molar-refractivity contribution is 7.99. The van der Waals surface area contributed by atoms with Crippen LogP contribution in [0.5, 0.6) is 5.75 Å². The Morgan fingerprint density at radius 1 is 1.14 bits per heavy atom. The maximum atomic E-state index is 12.6. The first-order chi connectivity index (χ1) is 13.5. The van der Waals surface area contributed by atoms with E-state index in [4.69, 9.17) is 4.74 Å². The van der Waals surface area contributed by atoms with Crippen molar-refractivity contribution in [3.05, 3.63) is 71.8 Å². The van der Waals surface area contributed by atoms with E-state index in [0.29, 0.717) is 17.5 Å². The number of allylic oxidation sites excluding steroid dienone is 1. The van der Waals surface area contributed by atoms with Crippen LogP contribution in [-0.2, 0) is 6.54 Å². The van der Waals surface area contributed by atoms with Gasteiger partial charge in [-0.1, -0.05) is 30.0 Å². The first-order valence-electron chi connectivity index (χ1n) is 8.95. The number of Topliss-reactive ketones (excluding diaryl/α,β-unsaturated/α-hetero) is 1. The van der Waals surface area contributed by atoms with Crippen LogP contribution in [0.4, 0.5) is 0 Å². The Morgan fingerprint density at radius 2 is 1.89 bits per heavy atom. The molecule has 0 spiro atoms. The molecule has 1 heterocycles. The number of thioether (sulfide) groups is 1.